The summed E-state index contributed by atoms with van der Waals surface area (Å²) in [7, 11) is 0. The SMILES string of the molecule is NC(=O)c1cccc2c1Nc1c(C(N)=O)cnc(Nc3ccc(F)cn3)c1[I-]2. The predicted molar refractivity (Wildman–Crippen MR) is 95.9 cm³/mol. The van der Waals surface area contributed by atoms with Crippen LogP contribution in [0.5, 0.6) is 0 Å². The number of pyridine rings is 2. The normalized spacial score (nSPS) is 12.0. The maximum absolute atomic E-state index is 13.1. The van der Waals surface area contributed by atoms with Gasteiger partial charge in [0.25, 0.3) is 0 Å². The second-order valence-corrected chi connectivity index (χ2v) is 8.59. The summed E-state index contributed by atoms with van der Waals surface area (Å²) in [6, 6.07) is 8.03. The molecule has 28 heavy (non-hydrogen) atoms. The average Bonchev–Trinajstić information content (AvgIpc) is 2.67. The van der Waals surface area contributed by atoms with Crippen LogP contribution >= 0.6 is 0 Å². The maximum atomic E-state index is 13.1. The van der Waals surface area contributed by atoms with Crippen molar-refractivity contribution in [2.24, 2.45) is 11.5 Å². The van der Waals surface area contributed by atoms with Gasteiger partial charge >= 0.3 is 169 Å². The van der Waals surface area contributed by atoms with Gasteiger partial charge in [-0.1, -0.05) is 0 Å². The number of hydrogen-bond acceptors (Lipinski definition) is 6. The molecule has 8 nitrogen and oxygen atoms in total. The number of rotatable bonds is 4. The summed E-state index contributed by atoms with van der Waals surface area (Å²) >= 11 is -0.841. The Labute approximate surface area is 168 Å². The number of fused-ring (bicyclic) bond motifs is 2. The fraction of sp³-hybridized carbons (Fsp3) is 0. The molecule has 4 rings (SSSR count). The Morgan fingerprint density at radius 1 is 1.00 bits per heavy atom. The van der Waals surface area contributed by atoms with E-state index in [1.54, 1.807) is 12.1 Å². The Morgan fingerprint density at radius 3 is 2.46 bits per heavy atom. The summed E-state index contributed by atoms with van der Waals surface area (Å²) in [4.78, 5) is 32.0. The molecule has 0 bridgehead atoms. The standard InChI is InChI=1S/C18H13FIN6O2/c19-8-4-5-12(23-6-8)25-18-13-15(10(7-24-18)17(22)28)26-14-9(16(21)27)2-1-3-11(14)20-13/h1-7,26H,(H2,21,27)(H2,22,28)(H,23,24,25)/q-1. The molecular weight excluding hydrogens is 478 g/mol. The van der Waals surface area contributed by atoms with Crippen molar-refractivity contribution in [2.45, 2.75) is 0 Å². The zero-order valence-corrected chi connectivity index (χ0v) is 16.3. The first-order chi connectivity index (χ1) is 13.4. The number of benzene rings is 1. The first kappa shape index (κ1) is 18.1. The third kappa shape index (κ3) is 3.22. The van der Waals surface area contributed by atoms with Gasteiger partial charge in [-0.25, -0.2) is 0 Å². The van der Waals surface area contributed by atoms with Crippen LogP contribution < -0.4 is 43.3 Å². The molecule has 3 heterocycles. The van der Waals surface area contributed by atoms with Crippen molar-refractivity contribution >= 4 is 34.8 Å². The summed E-state index contributed by atoms with van der Waals surface area (Å²) in [5.74, 6) is -0.781. The number of para-hydroxylation sites is 1. The fourth-order valence-corrected chi connectivity index (χ4v) is 5.60. The zero-order chi connectivity index (χ0) is 19.8. The van der Waals surface area contributed by atoms with Crippen molar-refractivity contribution in [2.75, 3.05) is 10.6 Å². The van der Waals surface area contributed by atoms with Gasteiger partial charge < -0.3 is 0 Å². The molecule has 1 aromatic carbocycles. The molecular formula is C18H13FIN6O2-. The van der Waals surface area contributed by atoms with E-state index >= 15 is 0 Å². The molecule has 1 aliphatic rings. The Bertz CT molecular complexity index is 1120. The summed E-state index contributed by atoms with van der Waals surface area (Å²) in [6.07, 6.45) is 2.44. The van der Waals surface area contributed by atoms with Gasteiger partial charge in [-0.05, 0) is 0 Å². The number of nitrogens with two attached hydrogens (primary N) is 2. The second kappa shape index (κ2) is 7.03. The third-order valence-corrected chi connectivity index (χ3v) is 7.05. The van der Waals surface area contributed by atoms with E-state index in [4.69, 9.17) is 11.5 Å². The monoisotopic (exact) mass is 491 g/mol. The van der Waals surface area contributed by atoms with Crippen molar-refractivity contribution in [3.8, 4) is 0 Å². The van der Waals surface area contributed by atoms with Gasteiger partial charge in [0.15, 0.2) is 0 Å². The number of hydrogen-bond donors (Lipinski definition) is 4. The second-order valence-electron chi connectivity index (χ2n) is 5.81. The van der Waals surface area contributed by atoms with Gasteiger partial charge in [-0.15, -0.1) is 0 Å². The number of carbonyl (C=O) groups is 2. The first-order valence-corrected chi connectivity index (χ1v) is 10.2. The fourth-order valence-electron chi connectivity index (χ4n) is 2.71. The van der Waals surface area contributed by atoms with Crippen LogP contribution in [0.1, 0.15) is 20.7 Å². The zero-order valence-electron chi connectivity index (χ0n) is 14.2. The van der Waals surface area contributed by atoms with Gasteiger partial charge in [0, 0.05) is 0 Å². The van der Waals surface area contributed by atoms with Gasteiger partial charge in [0.2, 0.25) is 0 Å². The average molecular weight is 491 g/mol. The molecule has 3 aromatic rings. The summed E-state index contributed by atoms with van der Waals surface area (Å²) < 4.78 is 14.8. The number of halogens is 2. The Hall–Kier alpha value is -3.28. The Kier molecular flexibility index (Phi) is 4.55. The van der Waals surface area contributed by atoms with Gasteiger partial charge in [-0.2, -0.15) is 0 Å². The van der Waals surface area contributed by atoms with Crippen molar-refractivity contribution in [1.82, 2.24) is 9.97 Å². The van der Waals surface area contributed by atoms with Crippen LogP contribution in [0.25, 0.3) is 0 Å². The Balaban J connectivity index is 1.82. The van der Waals surface area contributed by atoms with Crippen molar-refractivity contribution in [1.29, 1.82) is 0 Å². The number of nitrogens with zero attached hydrogens (tertiary/aromatic N) is 2. The minimum atomic E-state index is -0.841. The molecule has 142 valence electrons. The van der Waals surface area contributed by atoms with Crippen LogP contribution in [-0.2, 0) is 0 Å². The van der Waals surface area contributed by atoms with E-state index in [-0.39, 0.29) is 5.56 Å². The first-order valence-electron chi connectivity index (χ1n) is 8.00. The van der Waals surface area contributed by atoms with Crippen molar-refractivity contribution < 1.29 is 35.2 Å². The topological polar surface area (TPSA) is 136 Å². The molecule has 0 radical (unpaired) electrons. The molecule has 0 unspecified atom stereocenters. The molecule has 1 aliphatic heterocycles. The van der Waals surface area contributed by atoms with E-state index in [2.05, 4.69) is 20.6 Å². The van der Waals surface area contributed by atoms with E-state index in [1.807, 2.05) is 6.07 Å². The van der Waals surface area contributed by atoms with Crippen LogP contribution in [0.4, 0.5) is 27.4 Å². The number of anilines is 4. The van der Waals surface area contributed by atoms with Crippen LogP contribution in [0.15, 0.2) is 42.7 Å². The number of amides is 2. The van der Waals surface area contributed by atoms with Crippen LogP contribution in [0.2, 0.25) is 0 Å². The van der Waals surface area contributed by atoms with Crippen LogP contribution in [0.3, 0.4) is 0 Å². The molecule has 0 spiro atoms. The van der Waals surface area contributed by atoms with E-state index in [1.165, 1.54) is 18.3 Å². The van der Waals surface area contributed by atoms with Crippen LogP contribution in [-0.4, -0.2) is 21.8 Å². The minimum absolute atomic E-state index is 0.206. The van der Waals surface area contributed by atoms with Gasteiger partial charge in [0.1, 0.15) is 0 Å². The number of carbonyl (C=O) groups excluding carboxylic acids is 2. The van der Waals surface area contributed by atoms with Gasteiger partial charge in [0.05, 0.1) is 0 Å². The van der Waals surface area contributed by atoms with E-state index < -0.39 is 38.8 Å². The Morgan fingerprint density at radius 2 is 1.79 bits per heavy atom. The van der Waals surface area contributed by atoms with Crippen LogP contribution in [0, 0.1) is 13.0 Å². The predicted octanol–water partition coefficient (Wildman–Crippen LogP) is -1.26. The summed E-state index contributed by atoms with van der Waals surface area (Å²) in [5, 5.41) is 6.19. The molecule has 0 saturated carbocycles. The molecule has 0 fully saturated rings. The molecule has 10 heteroatoms. The van der Waals surface area contributed by atoms with Crippen molar-refractivity contribution in [3.63, 3.8) is 0 Å². The number of aromatic nitrogens is 2. The molecule has 2 amide bonds. The van der Waals surface area contributed by atoms with Gasteiger partial charge in [-0.3, -0.25) is 0 Å². The van der Waals surface area contributed by atoms with Crippen molar-refractivity contribution in [3.05, 3.63) is 66.8 Å². The number of nitrogens with one attached hydrogen (secondary N) is 2. The molecule has 6 N–H and O–H groups in total. The van der Waals surface area contributed by atoms with E-state index in [0.29, 0.717) is 28.6 Å². The quantitative estimate of drug-likeness (QED) is 0.264. The molecule has 0 aliphatic carbocycles. The molecule has 0 saturated heterocycles. The number of primary amides is 2. The summed E-state index contributed by atoms with van der Waals surface area (Å²) in [6.45, 7) is 0. The molecule has 2 aromatic heterocycles. The van der Waals surface area contributed by atoms with E-state index in [9.17, 15) is 14.0 Å². The van der Waals surface area contributed by atoms with E-state index in [0.717, 1.165) is 13.3 Å². The molecule has 0 atom stereocenters. The summed E-state index contributed by atoms with van der Waals surface area (Å²) in [5.41, 5.74) is 12.6. The third-order valence-electron chi connectivity index (χ3n) is 3.98.